The van der Waals surface area contributed by atoms with Crippen LogP contribution in [0.3, 0.4) is 0 Å². The first-order valence-corrected chi connectivity index (χ1v) is 9.86. The first-order valence-electron chi connectivity index (χ1n) is 9.86. The van der Waals surface area contributed by atoms with Crippen molar-refractivity contribution in [2.75, 3.05) is 26.4 Å². The van der Waals surface area contributed by atoms with Gasteiger partial charge in [0, 0.05) is 30.2 Å². The zero-order valence-electron chi connectivity index (χ0n) is 15.8. The van der Waals surface area contributed by atoms with Gasteiger partial charge < -0.3 is 14.6 Å². The summed E-state index contributed by atoms with van der Waals surface area (Å²) < 4.78 is 11.6. The Morgan fingerprint density at radius 2 is 2.27 bits per heavy atom. The van der Waals surface area contributed by atoms with Crippen molar-refractivity contribution < 1.29 is 24.2 Å². The predicted octanol–water partition coefficient (Wildman–Crippen LogP) is 2.28. The van der Waals surface area contributed by atoms with Crippen LogP contribution in [0.4, 0.5) is 0 Å². The number of Topliss-reactive ketones (excluding diaryl/α,β-unsaturated/α-hetero) is 1. The van der Waals surface area contributed by atoms with Crippen LogP contribution in [0.1, 0.15) is 46.0 Å². The highest BCUT2D eigenvalue weighted by Crippen LogP contribution is 2.37. The van der Waals surface area contributed by atoms with E-state index in [4.69, 9.17) is 14.3 Å². The molecule has 1 saturated heterocycles. The van der Waals surface area contributed by atoms with Crippen LogP contribution < -0.4 is 5.48 Å². The Morgan fingerprint density at radius 3 is 3.00 bits per heavy atom. The number of allylic oxidation sites excluding steroid dienone is 1. The molecular weight excluding hydrogens is 334 g/mol. The summed E-state index contributed by atoms with van der Waals surface area (Å²) in [5.74, 6) is 0.318. The Balaban J connectivity index is 1.73. The van der Waals surface area contributed by atoms with E-state index < -0.39 is 6.10 Å². The Morgan fingerprint density at radius 1 is 1.42 bits per heavy atom. The highest BCUT2D eigenvalue weighted by Gasteiger charge is 2.37. The third kappa shape index (κ3) is 4.36. The molecule has 2 heterocycles. The van der Waals surface area contributed by atoms with Gasteiger partial charge in [-0.3, -0.25) is 15.1 Å². The largest absolute Gasteiger partial charge is 0.388 e. The molecule has 0 aromatic rings. The standard InChI is InChI=1S/C20H31NO5/c1-3-5-16(21-26-4-2)20-17(22)9-13(10-18(20)23)14-8-15-11-24-7-6-19(15)25-12-14/h8,13,15,17,19,21-22H,3-7,9-12H2,1-2H3. The fourth-order valence-electron chi connectivity index (χ4n) is 4.18. The van der Waals surface area contributed by atoms with Crippen LogP contribution in [0.25, 0.3) is 0 Å². The number of aliphatic hydroxyl groups is 1. The SMILES string of the molecule is CCCC(NOCC)=C1C(=O)CC(C2=CC3COCCC3OC2)CC1O. The van der Waals surface area contributed by atoms with Crippen molar-refractivity contribution in [3.05, 3.63) is 22.9 Å². The number of nitrogens with one attached hydrogen (secondary N) is 1. The van der Waals surface area contributed by atoms with E-state index in [0.717, 1.165) is 30.7 Å². The van der Waals surface area contributed by atoms with Crippen LogP contribution >= 0.6 is 0 Å². The van der Waals surface area contributed by atoms with E-state index in [0.29, 0.717) is 44.7 Å². The zero-order valence-corrected chi connectivity index (χ0v) is 15.8. The van der Waals surface area contributed by atoms with E-state index in [2.05, 4.69) is 11.6 Å². The van der Waals surface area contributed by atoms with Crippen LogP contribution in [0.2, 0.25) is 0 Å². The van der Waals surface area contributed by atoms with Crippen LogP contribution in [0.5, 0.6) is 0 Å². The normalized spacial score (nSPS) is 34.1. The lowest BCUT2D eigenvalue weighted by molar-refractivity contribution is -0.119. The quantitative estimate of drug-likeness (QED) is 0.427. The molecule has 26 heavy (non-hydrogen) atoms. The topological polar surface area (TPSA) is 77.0 Å². The maximum atomic E-state index is 12.8. The van der Waals surface area contributed by atoms with Gasteiger partial charge in [-0.15, -0.1) is 0 Å². The number of ketones is 1. The molecular formula is C20H31NO5. The van der Waals surface area contributed by atoms with Crippen LogP contribution in [0.15, 0.2) is 22.9 Å². The number of carbonyl (C=O) groups excluding carboxylic acids is 1. The monoisotopic (exact) mass is 365 g/mol. The number of fused-ring (bicyclic) bond motifs is 1. The van der Waals surface area contributed by atoms with Gasteiger partial charge in [-0.05, 0) is 37.7 Å². The summed E-state index contributed by atoms with van der Waals surface area (Å²) in [6.07, 6.45) is 5.17. The summed E-state index contributed by atoms with van der Waals surface area (Å²) >= 11 is 0. The van der Waals surface area contributed by atoms with Gasteiger partial charge in [0.2, 0.25) is 0 Å². The Kier molecular flexibility index (Phi) is 6.86. The minimum atomic E-state index is -0.767. The van der Waals surface area contributed by atoms with Crippen molar-refractivity contribution in [1.29, 1.82) is 0 Å². The maximum absolute atomic E-state index is 12.8. The highest BCUT2D eigenvalue weighted by molar-refractivity contribution is 5.98. The molecule has 3 rings (SSSR count). The Hall–Kier alpha value is -1.21. The van der Waals surface area contributed by atoms with Gasteiger partial charge in [0.25, 0.3) is 0 Å². The molecule has 0 amide bonds. The predicted molar refractivity (Wildman–Crippen MR) is 97.2 cm³/mol. The molecule has 0 bridgehead atoms. The summed E-state index contributed by atoms with van der Waals surface area (Å²) in [6.45, 7) is 6.43. The average molecular weight is 365 g/mol. The maximum Gasteiger partial charge on any atom is 0.163 e. The molecule has 2 N–H and O–H groups in total. The average Bonchev–Trinajstić information content (AvgIpc) is 2.65. The van der Waals surface area contributed by atoms with Gasteiger partial charge in [-0.2, -0.15) is 0 Å². The lowest BCUT2D eigenvalue weighted by atomic mass is 9.76. The van der Waals surface area contributed by atoms with E-state index in [-0.39, 0.29) is 23.7 Å². The van der Waals surface area contributed by atoms with E-state index in [9.17, 15) is 9.90 Å². The third-order valence-corrected chi connectivity index (χ3v) is 5.49. The zero-order chi connectivity index (χ0) is 18.5. The molecule has 4 atom stereocenters. The van der Waals surface area contributed by atoms with Gasteiger partial charge in [-0.25, -0.2) is 0 Å². The molecule has 2 fully saturated rings. The third-order valence-electron chi connectivity index (χ3n) is 5.49. The molecule has 6 heteroatoms. The minimum Gasteiger partial charge on any atom is -0.388 e. The molecule has 0 radical (unpaired) electrons. The molecule has 4 unspecified atom stereocenters. The van der Waals surface area contributed by atoms with Crippen molar-refractivity contribution in [3.8, 4) is 0 Å². The fraction of sp³-hybridized carbons (Fsp3) is 0.750. The van der Waals surface area contributed by atoms with Crippen LogP contribution in [-0.4, -0.2) is 49.5 Å². The summed E-state index contributed by atoms with van der Waals surface area (Å²) in [5.41, 5.74) is 5.23. The van der Waals surface area contributed by atoms with Crippen molar-refractivity contribution in [1.82, 2.24) is 5.48 Å². The molecule has 0 aromatic heterocycles. The number of hydrogen-bond acceptors (Lipinski definition) is 6. The molecule has 1 saturated carbocycles. The summed E-state index contributed by atoms with van der Waals surface area (Å²) in [5, 5.41) is 10.7. The van der Waals surface area contributed by atoms with Gasteiger partial charge in [0.05, 0.1) is 32.0 Å². The van der Waals surface area contributed by atoms with E-state index in [1.165, 1.54) is 0 Å². The minimum absolute atomic E-state index is 0.00678. The molecule has 146 valence electrons. The Labute approximate surface area is 155 Å². The first kappa shape index (κ1) is 19.5. The van der Waals surface area contributed by atoms with E-state index >= 15 is 0 Å². The van der Waals surface area contributed by atoms with Crippen molar-refractivity contribution >= 4 is 5.78 Å². The first-order chi connectivity index (χ1) is 12.6. The number of carbonyl (C=O) groups is 1. The number of aliphatic hydroxyl groups excluding tert-OH is 1. The second-order valence-electron chi connectivity index (χ2n) is 7.37. The molecule has 0 spiro atoms. The van der Waals surface area contributed by atoms with Crippen molar-refractivity contribution in [2.45, 2.75) is 58.2 Å². The smallest absolute Gasteiger partial charge is 0.163 e. The molecule has 0 aromatic carbocycles. The Bertz CT molecular complexity index is 571. The lowest BCUT2D eigenvalue weighted by Gasteiger charge is -2.38. The van der Waals surface area contributed by atoms with E-state index in [1.807, 2.05) is 13.8 Å². The van der Waals surface area contributed by atoms with E-state index in [1.54, 1.807) is 0 Å². The molecule has 1 aliphatic carbocycles. The van der Waals surface area contributed by atoms with Crippen molar-refractivity contribution in [2.24, 2.45) is 11.8 Å². The van der Waals surface area contributed by atoms with Crippen LogP contribution in [-0.2, 0) is 19.1 Å². The second-order valence-corrected chi connectivity index (χ2v) is 7.37. The van der Waals surface area contributed by atoms with Gasteiger partial charge >= 0.3 is 0 Å². The van der Waals surface area contributed by atoms with Gasteiger partial charge in [-0.1, -0.05) is 19.4 Å². The summed E-state index contributed by atoms with van der Waals surface area (Å²) in [4.78, 5) is 18.1. The molecule has 3 aliphatic rings. The van der Waals surface area contributed by atoms with Crippen molar-refractivity contribution in [3.63, 3.8) is 0 Å². The van der Waals surface area contributed by atoms with Gasteiger partial charge in [0.1, 0.15) is 0 Å². The number of rotatable bonds is 6. The fourth-order valence-corrected chi connectivity index (χ4v) is 4.18. The number of hydrogen-bond donors (Lipinski definition) is 2. The second kappa shape index (κ2) is 9.13. The number of hydroxylamine groups is 1. The van der Waals surface area contributed by atoms with Gasteiger partial charge in [0.15, 0.2) is 5.78 Å². The van der Waals surface area contributed by atoms with Crippen LogP contribution in [0, 0.1) is 11.8 Å². The molecule has 6 nitrogen and oxygen atoms in total. The molecule has 2 aliphatic heterocycles. The lowest BCUT2D eigenvalue weighted by Crippen LogP contribution is -2.40. The highest BCUT2D eigenvalue weighted by atomic mass is 16.6. The number of ether oxygens (including phenoxy) is 2. The summed E-state index contributed by atoms with van der Waals surface area (Å²) in [7, 11) is 0. The summed E-state index contributed by atoms with van der Waals surface area (Å²) in [6, 6.07) is 0.